The van der Waals surface area contributed by atoms with E-state index in [1.54, 1.807) is 18.4 Å². The molecule has 1 saturated carbocycles. The largest absolute Gasteiger partial charge is 0.497 e. The molecule has 1 aromatic carbocycles. The van der Waals surface area contributed by atoms with Crippen LogP contribution in [0.25, 0.3) is 10.6 Å². The van der Waals surface area contributed by atoms with Crippen molar-refractivity contribution in [1.82, 2.24) is 15.6 Å². The van der Waals surface area contributed by atoms with Crippen LogP contribution >= 0.6 is 23.7 Å². The highest BCUT2D eigenvalue weighted by Crippen LogP contribution is 2.30. The molecule has 1 aliphatic carbocycles. The van der Waals surface area contributed by atoms with Gasteiger partial charge in [0.05, 0.1) is 26.4 Å². The number of ether oxygens (including phenoxy) is 2. The highest BCUT2D eigenvalue weighted by Gasteiger charge is 2.35. The Bertz CT molecular complexity index is 801. The second-order valence-corrected chi connectivity index (χ2v) is 8.18. The zero-order chi connectivity index (χ0) is 18.6. The molecule has 1 aromatic heterocycles. The van der Waals surface area contributed by atoms with Gasteiger partial charge in [-0.2, -0.15) is 0 Å². The minimum Gasteiger partial charge on any atom is -0.497 e. The van der Waals surface area contributed by atoms with Gasteiger partial charge in [0.25, 0.3) is 0 Å². The molecule has 2 heterocycles. The molecule has 0 spiro atoms. The summed E-state index contributed by atoms with van der Waals surface area (Å²) in [5.74, 6) is 1.01. The highest BCUT2D eigenvalue weighted by molar-refractivity contribution is 7.15. The summed E-state index contributed by atoms with van der Waals surface area (Å²) in [5.41, 5.74) is 1.03. The Hall–Kier alpha value is -1.67. The molecule has 0 bridgehead atoms. The monoisotopic (exact) mass is 423 g/mol. The number of rotatable bonds is 5. The van der Waals surface area contributed by atoms with E-state index in [-0.39, 0.29) is 30.3 Å². The maximum Gasteiger partial charge on any atom is 0.223 e. The molecule has 3 atom stereocenters. The fourth-order valence-electron chi connectivity index (χ4n) is 3.85. The van der Waals surface area contributed by atoms with Crippen LogP contribution in [0.1, 0.15) is 24.1 Å². The number of fused-ring (bicyclic) bond motifs is 1. The molecule has 2 N–H and O–H groups in total. The van der Waals surface area contributed by atoms with Crippen LogP contribution in [-0.2, 0) is 16.1 Å². The van der Waals surface area contributed by atoms with E-state index in [9.17, 15) is 4.79 Å². The zero-order valence-corrected chi connectivity index (χ0v) is 17.5. The fraction of sp³-hybridized carbons (Fsp3) is 0.500. The first-order valence-corrected chi connectivity index (χ1v) is 10.3. The van der Waals surface area contributed by atoms with Gasteiger partial charge >= 0.3 is 0 Å². The SMILES string of the molecule is COc1cccc(-c2ncc(CNC(=O)[C@H]3CC[C@H]4OCCN[C@@H]4C3)s2)c1.Cl. The van der Waals surface area contributed by atoms with Gasteiger partial charge in [0, 0.05) is 35.1 Å². The zero-order valence-electron chi connectivity index (χ0n) is 15.8. The van der Waals surface area contributed by atoms with Gasteiger partial charge < -0.3 is 20.1 Å². The van der Waals surface area contributed by atoms with Crippen molar-refractivity contribution in [3.63, 3.8) is 0 Å². The van der Waals surface area contributed by atoms with Gasteiger partial charge in [-0.05, 0) is 31.4 Å². The molecule has 152 valence electrons. The van der Waals surface area contributed by atoms with Crippen molar-refractivity contribution in [1.29, 1.82) is 0 Å². The Balaban J connectivity index is 0.00000225. The Morgan fingerprint density at radius 1 is 1.43 bits per heavy atom. The molecule has 1 aliphatic heterocycles. The number of hydrogen-bond acceptors (Lipinski definition) is 6. The predicted octanol–water partition coefficient (Wildman–Crippen LogP) is 3.01. The van der Waals surface area contributed by atoms with E-state index < -0.39 is 0 Å². The average Bonchev–Trinajstić information content (AvgIpc) is 3.21. The smallest absolute Gasteiger partial charge is 0.223 e. The van der Waals surface area contributed by atoms with Crippen molar-refractivity contribution >= 4 is 29.7 Å². The number of benzene rings is 1. The summed E-state index contributed by atoms with van der Waals surface area (Å²) in [7, 11) is 1.66. The van der Waals surface area contributed by atoms with Crippen molar-refractivity contribution in [3.8, 4) is 16.3 Å². The maximum absolute atomic E-state index is 12.6. The van der Waals surface area contributed by atoms with E-state index in [2.05, 4.69) is 15.6 Å². The number of morpholine rings is 1. The predicted molar refractivity (Wildman–Crippen MR) is 112 cm³/mol. The summed E-state index contributed by atoms with van der Waals surface area (Å²) in [5, 5.41) is 7.51. The van der Waals surface area contributed by atoms with Gasteiger partial charge in [-0.1, -0.05) is 12.1 Å². The Morgan fingerprint density at radius 3 is 3.18 bits per heavy atom. The lowest BCUT2D eigenvalue weighted by Gasteiger charge is -2.39. The van der Waals surface area contributed by atoms with Crippen LogP contribution in [0.4, 0.5) is 0 Å². The van der Waals surface area contributed by atoms with Crippen LogP contribution in [0.5, 0.6) is 5.75 Å². The van der Waals surface area contributed by atoms with Gasteiger partial charge in [0.1, 0.15) is 10.8 Å². The molecule has 6 nitrogen and oxygen atoms in total. The Labute approximate surface area is 175 Å². The third-order valence-electron chi connectivity index (χ3n) is 5.31. The Morgan fingerprint density at radius 2 is 2.32 bits per heavy atom. The van der Waals surface area contributed by atoms with Crippen LogP contribution < -0.4 is 15.4 Å². The van der Waals surface area contributed by atoms with Crippen LogP contribution in [-0.4, -0.2) is 43.3 Å². The number of aromatic nitrogens is 1. The third kappa shape index (κ3) is 4.84. The van der Waals surface area contributed by atoms with E-state index in [4.69, 9.17) is 9.47 Å². The standard InChI is InChI=1S/C20H25N3O3S.ClH/c1-25-15-4-2-3-14(9-15)20-23-12-16(27-20)11-22-19(24)13-5-6-18-17(10-13)21-7-8-26-18;/h2-4,9,12-13,17-18,21H,5-8,10-11H2,1H3,(H,22,24);1H/t13-,17+,18+;/m0./s1. The minimum atomic E-state index is 0. The molecule has 0 unspecified atom stereocenters. The number of amides is 1. The number of halogens is 1. The average molecular weight is 424 g/mol. The van der Waals surface area contributed by atoms with Crippen LogP contribution in [0.15, 0.2) is 30.5 Å². The topological polar surface area (TPSA) is 72.5 Å². The van der Waals surface area contributed by atoms with Crippen LogP contribution in [0, 0.1) is 5.92 Å². The summed E-state index contributed by atoms with van der Waals surface area (Å²) < 4.78 is 11.1. The minimum absolute atomic E-state index is 0. The van der Waals surface area contributed by atoms with Gasteiger partial charge in [0.15, 0.2) is 0 Å². The molecule has 1 amide bonds. The number of methoxy groups -OCH3 is 1. The van der Waals surface area contributed by atoms with E-state index in [0.717, 1.165) is 53.6 Å². The van der Waals surface area contributed by atoms with Crippen molar-refractivity contribution in [2.24, 2.45) is 5.92 Å². The fourth-order valence-corrected chi connectivity index (χ4v) is 4.70. The number of hydrogen-bond donors (Lipinski definition) is 2. The first kappa shape index (κ1) is 21.0. The first-order chi connectivity index (χ1) is 13.2. The van der Waals surface area contributed by atoms with Crippen molar-refractivity contribution in [3.05, 3.63) is 35.3 Å². The van der Waals surface area contributed by atoms with Gasteiger partial charge in [-0.3, -0.25) is 4.79 Å². The van der Waals surface area contributed by atoms with E-state index >= 15 is 0 Å². The van der Waals surface area contributed by atoms with Crippen LogP contribution in [0.3, 0.4) is 0 Å². The molecule has 2 aliphatic rings. The third-order valence-corrected chi connectivity index (χ3v) is 6.35. The van der Waals surface area contributed by atoms with Crippen molar-refractivity contribution in [2.75, 3.05) is 20.3 Å². The normalized spacial score (nSPS) is 24.0. The quantitative estimate of drug-likeness (QED) is 0.773. The number of nitrogens with one attached hydrogen (secondary N) is 2. The number of thiazole rings is 1. The molecule has 0 radical (unpaired) electrons. The highest BCUT2D eigenvalue weighted by atomic mass is 35.5. The lowest BCUT2D eigenvalue weighted by molar-refractivity contribution is -0.128. The van der Waals surface area contributed by atoms with Gasteiger partial charge in [-0.25, -0.2) is 4.98 Å². The summed E-state index contributed by atoms with van der Waals surface area (Å²) >= 11 is 1.60. The molecule has 1 saturated heterocycles. The number of nitrogens with zero attached hydrogens (tertiary/aromatic N) is 1. The Kier molecular flexibility index (Phi) is 7.29. The van der Waals surface area contributed by atoms with E-state index in [1.165, 1.54) is 0 Å². The molecule has 2 fully saturated rings. The molecule has 8 heteroatoms. The summed E-state index contributed by atoms with van der Waals surface area (Å²) in [6.45, 7) is 2.18. The number of carbonyl (C=O) groups excluding carboxylic acids is 1. The molecule has 2 aromatic rings. The maximum atomic E-state index is 12.6. The van der Waals surface area contributed by atoms with Crippen LogP contribution in [0.2, 0.25) is 0 Å². The van der Waals surface area contributed by atoms with Gasteiger partial charge in [0.2, 0.25) is 5.91 Å². The molecular formula is C20H26ClN3O3S. The lowest BCUT2D eigenvalue weighted by Crippen LogP contribution is -2.53. The van der Waals surface area contributed by atoms with Gasteiger partial charge in [-0.15, -0.1) is 23.7 Å². The molecule has 28 heavy (non-hydrogen) atoms. The summed E-state index contributed by atoms with van der Waals surface area (Å²) in [6, 6.07) is 8.17. The van der Waals surface area contributed by atoms with E-state index in [1.807, 2.05) is 30.5 Å². The second-order valence-electron chi connectivity index (χ2n) is 7.06. The lowest BCUT2D eigenvalue weighted by atomic mass is 9.82. The first-order valence-electron chi connectivity index (χ1n) is 9.45. The van der Waals surface area contributed by atoms with Crippen molar-refractivity contribution in [2.45, 2.75) is 38.0 Å². The second kappa shape index (κ2) is 9.69. The number of carbonyl (C=O) groups is 1. The summed E-state index contributed by atoms with van der Waals surface area (Å²) in [4.78, 5) is 18.1. The molecule has 4 rings (SSSR count). The van der Waals surface area contributed by atoms with Crippen molar-refractivity contribution < 1.29 is 14.3 Å². The molecular weight excluding hydrogens is 398 g/mol. The summed E-state index contributed by atoms with van der Waals surface area (Å²) in [6.07, 6.45) is 4.82. The van der Waals surface area contributed by atoms with E-state index in [0.29, 0.717) is 12.6 Å².